The average Bonchev–Trinajstić information content (AvgIpc) is 3.16. The number of carbonyl (C=O) groups excluding carboxylic acids is 1. The van der Waals surface area contributed by atoms with E-state index in [1.807, 2.05) is 31.4 Å². The molecule has 0 fully saturated rings. The summed E-state index contributed by atoms with van der Waals surface area (Å²) in [6.45, 7) is 4.06. The maximum Gasteiger partial charge on any atom is 0.312 e. The van der Waals surface area contributed by atoms with E-state index in [0.29, 0.717) is 30.0 Å². The fraction of sp³-hybridized carbons (Fsp3) is 0.278. The van der Waals surface area contributed by atoms with Crippen molar-refractivity contribution in [2.75, 3.05) is 0 Å². The monoisotopic (exact) mass is 368 g/mol. The van der Waals surface area contributed by atoms with Crippen LogP contribution >= 0.6 is 0 Å². The van der Waals surface area contributed by atoms with E-state index >= 15 is 0 Å². The van der Waals surface area contributed by atoms with Crippen molar-refractivity contribution in [2.24, 2.45) is 7.05 Å². The van der Waals surface area contributed by atoms with Gasteiger partial charge in [0.25, 0.3) is 5.91 Å². The van der Waals surface area contributed by atoms with Crippen LogP contribution in [0.15, 0.2) is 36.5 Å². The smallest absolute Gasteiger partial charge is 0.312 e. The Morgan fingerprint density at radius 1 is 1.19 bits per heavy atom. The number of hydrogen-bond acceptors (Lipinski definition) is 5. The summed E-state index contributed by atoms with van der Waals surface area (Å²) in [5.41, 5.74) is 3.16. The Morgan fingerprint density at radius 2 is 1.89 bits per heavy atom. The maximum atomic E-state index is 12.2. The van der Waals surface area contributed by atoms with Crippen molar-refractivity contribution in [3.63, 3.8) is 0 Å². The molecule has 27 heavy (non-hydrogen) atoms. The van der Waals surface area contributed by atoms with Crippen LogP contribution in [0.25, 0.3) is 0 Å². The van der Waals surface area contributed by atoms with Crippen LogP contribution in [0.1, 0.15) is 33.0 Å². The minimum atomic E-state index is -0.413. The van der Waals surface area contributed by atoms with Crippen molar-refractivity contribution >= 4 is 11.6 Å². The first-order valence-electron chi connectivity index (χ1n) is 8.39. The number of carbonyl (C=O) groups is 1. The van der Waals surface area contributed by atoms with Gasteiger partial charge in [-0.15, -0.1) is 0 Å². The molecule has 2 aromatic heterocycles. The lowest BCUT2D eigenvalue weighted by Crippen LogP contribution is -2.23. The van der Waals surface area contributed by atoms with Crippen LogP contribution in [0.4, 0.5) is 5.69 Å². The van der Waals surface area contributed by atoms with Gasteiger partial charge in [0, 0.05) is 18.8 Å². The standard InChI is InChI=1S/C18H20N6O3/c1-12-17(24(26)27)13(2)23(20-12)11-14-4-6-15(7-5-14)18(25)19-10-16-8-9-22(3)21-16/h4-9H,10-11H2,1-3H3,(H,19,25). The van der Waals surface area contributed by atoms with Crippen molar-refractivity contribution in [1.29, 1.82) is 0 Å². The summed E-state index contributed by atoms with van der Waals surface area (Å²) in [6.07, 6.45) is 1.82. The third kappa shape index (κ3) is 4.02. The number of aromatic nitrogens is 4. The molecule has 0 saturated carbocycles. The Labute approximate surface area is 155 Å². The largest absolute Gasteiger partial charge is 0.346 e. The van der Waals surface area contributed by atoms with Gasteiger partial charge in [-0.2, -0.15) is 10.2 Å². The summed E-state index contributed by atoms with van der Waals surface area (Å²) in [6, 6.07) is 8.93. The zero-order valence-electron chi connectivity index (χ0n) is 15.3. The fourth-order valence-corrected chi connectivity index (χ4v) is 2.87. The van der Waals surface area contributed by atoms with E-state index in [-0.39, 0.29) is 11.6 Å². The van der Waals surface area contributed by atoms with Gasteiger partial charge in [-0.1, -0.05) is 12.1 Å². The molecule has 0 aliphatic rings. The van der Waals surface area contributed by atoms with E-state index in [1.54, 1.807) is 35.3 Å². The van der Waals surface area contributed by atoms with Crippen LogP contribution in [0.2, 0.25) is 0 Å². The Bertz CT molecular complexity index is 987. The highest BCUT2D eigenvalue weighted by molar-refractivity contribution is 5.94. The highest BCUT2D eigenvalue weighted by Gasteiger charge is 2.21. The fourth-order valence-electron chi connectivity index (χ4n) is 2.87. The van der Waals surface area contributed by atoms with Gasteiger partial charge in [-0.25, -0.2) is 0 Å². The summed E-state index contributed by atoms with van der Waals surface area (Å²) in [4.78, 5) is 22.9. The zero-order chi connectivity index (χ0) is 19.6. The van der Waals surface area contributed by atoms with Gasteiger partial charge in [0.1, 0.15) is 11.4 Å². The molecule has 0 saturated heterocycles. The molecule has 0 aliphatic carbocycles. The zero-order valence-corrected chi connectivity index (χ0v) is 15.3. The second-order valence-corrected chi connectivity index (χ2v) is 6.29. The summed E-state index contributed by atoms with van der Waals surface area (Å²) in [5, 5.41) is 22.4. The molecule has 1 aromatic carbocycles. The van der Waals surface area contributed by atoms with Crippen LogP contribution in [0.5, 0.6) is 0 Å². The summed E-state index contributed by atoms with van der Waals surface area (Å²) in [5.74, 6) is -0.186. The first-order chi connectivity index (χ1) is 12.8. The van der Waals surface area contributed by atoms with Crippen LogP contribution in [-0.2, 0) is 20.1 Å². The predicted octanol–water partition coefficient (Wildman–Crippen LogP) is 2.12. The number of nitrogens with zero attached hydrogens (tertiary/aromatic N) is 5. The Morgan fingerprint density at radius 3 is 2.44 bits per heavy atom. The molecule has 140 valence electrons. The predicted molar refractivity (Wildman–Crippen MR) is 98.3 cm³/mol. The number of hydrogen-bond donors (Lipinski definition) is 1. The second kappa shape index (κ2) is 7.40. The van der Waals surface area contributed by atoms with E-state index in [1.165, 1.54) is 0 Å². The molecule has 0 bridgehead atoms. The highest BCUT2D eigenvalue weighted by Crippen LogP contribution is 2.22. The Hall–Kier alpha value is -3.49. The molecule has 9 nitrogen and oxygen atoms in total. The second-order valence-electron chi connectivity index (χ2n) is 6.29. The van der Waals surface area contributed by atoms with Crippen LogP contribution in [0.3, 0.4) is 0 Å². The van der Waals surface area contributed by atoms with E-state index in [9.17, 15) is 14.9 Å². The van der Waals surface area contributed by atoms with Crippen molar-refractivity contribution in [3.8, 4) is 0 Å². The van der Waals surface area contributed by atoms with Gasteiger partial charge in [-0.3, -0.25) is 24.3 Å². The van der Waals surface area contributed by atoms with E-state index in [2.05, 4.69) is 15.5 Å². The Kier molecular flexibility index (Phi) is 5.02. The average molecular weight is 368 g/mol. The first kappa shape index (κ1) is 18.3. The third-order valence-electron chi connectivity index (χ3n) is 4.27. The van der Waals surface area contributed by atoms with Crippen molar-refractivity contribution in [1.82, 2.24) is 24.9 Å². The molecule has 9 heteroatoms. The normalized spacial score (nSPS) is 10.8. The quantitative estimate of drug-likeness (QED) is 0.530. The van der Waals surface area contributed by atoms with Crippen LogP contribution in [-0.4, -0.2) is 30.4 Å². The van der Waals surface area contributed by atoms with Gasteiger partial charge in [-0.05, 0) is 37.6 Å². The maximum absolute atomic E-state index is 12.2. The van der Waals surface area contributed by atoms with Gasteiger partial charge in [0.15, 0.2) is 0 Å². The van der Waals surface area contributed by atoms with Crippen molar-refractivity contribution in [3.05, 3.63) is 74.9 Å². The van der Waals surface area contributed by atoms with Gasteiger partial charge >= 0.3 is 5.69 Å². The Balaban J connectivity index is 1.66. The minimum Gasteiger partial charge on any atom is -0.346 e. The van der Waals surface area contributed by atoms with E-state index in [0.717, 1.165) is 11.3 Å². The first-order valence-corrected chi connectivity index (χ1v) is 8.39. The topological polar surface area (TPSA) is 108 Å². The van der Waals surface area contributed by atoms with Crippen molar-refractivity contribution in [2.45, 2.75) is 26.9 Å². The van der Waals surface area contributed by atoms with E-state index < -0.39 is 4.92 Å². The lowest BCUT2D eigenvalue weighted by Gasteiger charge is -2.07. The summed E-state index contributed by atoms with van der Waals surface area (Å²) >= 11 is 0. The molecule has 2 heterocycles. The number of rotatable bonds is 6. The van der Waals surface area contributed by atoms with E-state index in [4.69, 9.17) is 0 Å². The number of nitro groups is 1. The lowest BCUT2D eigenvalue weighted by atomic mass is 10.1. The highest BCUT2D eigenvalue weighted by atomic mass is 16.6. The molecular formula is C18H20N6O3. The lowest BCUT2D eigenvalue weighted by molar-refractivity contribution is -0.386. The molecule has 0 spiro atoms. The van der Waals surface area contributed by atoms with Gasteiger partial charge < -0.3 is 5.32 Å². The molecule has 1 N–H and O–H groups in total. The number of aryl methyl sites for hydroxylation is 2. The SMILES string of the molecule is Cc1nn(Cc2ccc(C(=O)NCc3ccn(C)n3)cc2)c(C)c1[N+](=O)[O-]. The molecule has 0 unspecified atom stereocenters. The molecule has 3 aromatic rings. The molecule has 3 rings (SSSR count). The number of amides is 1. The third-order valence-corrected chi connectivity index (χ3v) is 4.27. The molecule has 0 radical (unpaired) electrons. The molecule has 1 amide bonds. The molecule has 0 aliphatic heterocycles. The van der Waals surface area contributed by atoms with Crippen LogP contribution in [0, 0.1) is 24.0 Å². The number of nitrogens with one attached hydrogen (secondary N) is 1. The minimum absolute atomic E-state index is 0.0421. The van der Waals surface area contributed by atoms with Crippen LogP contribution < -0.4 is 5.32 Å². The van der Waals surface area contributed by atoms with Crippen molar-refractivity contribution < 1.29 is 9.72 Å². The summed E-state index contributed by atoms with van der Waals surface area (Å²) in [7, 11) is 1.82. The van der Waals surface area contributed by atoms with Gasteiger partial charge in [0.05, 0.1) is 23.7 Å². The van der Waals surface area contributed by atoms with Gasteiger partial charge in [0.2, 0.25) is 0 Å². The molecular weight excluding hydrogens is 348 g/mol. The molecule has 0 atom stereocenters. The number of benzene rings is 1. The summed E-state index contributed by atoms with van der Waals surface area (Å²) < 4.78 is 3.28.